The number of nitrogens with zero attached hydrogens (tertiary/aromatic N) is 3. The molecule has 0 spiro atoms. The molecule has 8 heteroatoms. The lowest BCUT2D eigenvalue weighted by molar-refractivity contribution is -0.170. The van der Waals surface area contributed by atoms with Crippen molar-refractivity contribution >= 4 is 23.2 Å². The van der Waals surface area contributed by atoms with Crippen LogP contribution in [0.25, 0.3) is 5.65 Å². The van der Waals surface area contributed by atoms with E-state index in [4.69, 9.17) is 21.1 Å². The van der Waals surface area contributed by atoms with Crippen molar-refractivity contribution in [3.8, 4) is 0 Å². The Bertz CT molecular complexity index is 1190. The maximum Gasteiger partial charge on any atom is 0.350 e. The van der Waals surface area contributed by atoms with Crippen molar-refractivity contribution in [2.45, 2.75) is 46.4 Å². The largest absolute Gasteiger partial charge is 0.463 e. The van der Waals surface area contributed by atoms with Gasteiger partial charge in [0.05, 0.1) is 18.8 Å². The van der Waals surface area contributed by atoms with Crippen molar-refractivity contribution in [1.29, 1.82) is 0 Å². The predicted molar refractivity (Wildman–Crippen MR) is 122 cm³/mol. The van der Waals surface area contributed by atoms with Gasteiger partial charge >= 0.3 is 11.7 Å². The van der Waals surface area contributed by atoms with E-state index >= 15 is 0 Å². The molecule has 2 aromatic heterocycles. The average Bonchev–Trinajstić information content (AvgIpc) is 3.09. The number of ether oxygens (including phenoxy) is 2. The lowest BCUT2D eigenvalue weighted by Crippen LogP contribution is -2.43. The second-order valence-corrected chi connectivity index (χ2v) is 9.10. The normalized spacial score (nSPS) is 25.7. The molecule has 0 saturated carbocycles. The zero-order valence-electron chi connectivity index (χ0n) is 18.7. The topological polar surface area (TPSA) is 74.8 Å². The maximum absolute atomic E-state index is 12.7. The summed E-state index contributed by atoms with van der Waals surface area (Å²) in [5.41, 5.74) is 2.16. The molecule has 1 aromatic carbocycles. The van der Waals surface area contributed by atoms with Crippen LogP contribution in [0.3, 0.4) is 0 Å². The molecule has 32 heavy (non-hydrogen) atoms. The molecule has 1 aliphatic rings. The molecule has 3 aromatic rings. The van der Waals surface area contributed by atoms with Crippen LogP contribution in [0.15, 0.2) is 47.4 Å². The van der Waals surface area contributed by atoms with Crippen molar-refractivity contribution in [3.63, 3.8) is 0 Å². The number of halogens is 1. The fourth-order valence-electron chi connectivity index (χ4n) is 4.43. The van der Waals surface area contributed by atoms with Gasteiger partial charge in [-0.05, 0) is 53.1 Å². The Morgan fingerprint density at radius 2 is 1.94 bits per heavy atom. The Morgan fingerprint density at radius 1 is 1.16 bits per heavy atom. The average molecular weight is 458 g/mol. The number of fused-ring (bicyclic) bond motifs is 1. The van der Waals surface area contributed by atoms with Crippen LogP contribution in [0.1, 0.15) is 44.9 Å². The third-order valence-corrected chi connectivity index (χ3v) is 7.07. The number of carbonyl (C=O) groups is 1. The predicted octanol–water partition coefficient (Wildman–Crippen LogP) is 4.11. The third-order valence-electron chi connectivity index (χ3n) is 6.70. The van der Waals surface area contributed by atoms with Gasteiger partial charge in [-0.3, -0.25) is 9.20 Å². The van der Waals surface area contributed by atoms with E-state index in [9.17, 15) is 9.59 Å². The Hall–Kier alpha value is -2.64. The maximum atomic E-state index is 12.7. The molecule has 2 unspecified atom stereocenters. The van der Waals surface area contributed by atoms with Gasteiger partial charge in [-0.15, -0.1) is 5.10 Å². The summed E-state index contributed by atoms with van der Waals surface area (Å²) in [5, 5.41) is 4.98. The molecule has 0 amide bonds. The zero-order valence-corrected chi connectivity index (χ0v) is 19.5. The Kier molecular flexibility index (Phi) is 6.40. The van der Waals surface area contributed by atoms with E-state index in [0.717, 1.165) is 11.1 Å². The lowest BCUT2D eigenvalue weighted by Gasteiger charge is -2.43. The van der Waals surface area contributed by atoms with Crippen LogP contribution >= 0.6 is 11.6 Å². The molecule has 0 aliphatic carbocycles. The van der Waals surface area contributed by atoms with Gasteiger partial charge in [0.25, 0.3) is 0 Å². The van der Waals surface area contributed by atoms with Gasteiger partial charge in [-0.25, -0.2) is 9.48 Å². The lowest BCUT2D eigenvalue weighted by atomic mass is 9.75. The number of benzene rings is 1. The van der Waals surface area contributed by atoms with Crippen molar-refractivity contribution in [2.75, 3.05) is 6.61 Å². The van der Waals surface area contributed by atoms with Crippen molar-refractivity contribution in [1.82, 2.24) is 14.2 Å². The molecule has 1 fully saturated rings. The van der Waals surface area contributed by atoms with Crippen LogP contribution in [-0.4, -0.2) is 32.9 Å². The Balaban J connectivity index is 1.62. The SMILES string of the molecule is CC(=O)OCC1O[C@@H](c2ccc(Cl)c(Cn3nc4ccccn4c3=O)c2)C(C)[C@@H](C)[C@@H]1C. The molecule has 1 aliphatic heterocycles. The minimum absolute atomic E-state index is 0.171. The van der Waals surface area contributed by atoms with Gasteiger partial charge in [0, 0.05) is 18.1 Å². The molecule has 5 atom stereocenters. The molecule has 170 valence electrons. The van der Waals surface area contributed by atoms with Crippen LogP contribution in [0, 0.1) is 17.8 Å². The Morgan fingerprint density at radius 3 is 2.66 bits per heavy atom. The van der Waals surface area contributed by atoms with E-state index in [0.29, 0.717) is 16.6 Å². The van der Waals surface area contributed by atoms with Crippen LogP contribution in [0.5, 0.6) is 0 Å². The summed E-state index contributed by atoms with van der Waals surface area (Å²) in [6.07, 6.45) is 1.34. The van der Waals surface area contributed by atoms with Crippen molar-refractivity contribution < 1.29 is 14.3 Å². The first kappa shape index (κ1) is 22.6. The van der Waals surface area contributed by atoms with Gasteiger partial charge in [0.15, 0.2) is 5.65 Å². The summed E-state index contributed by atoms with van der Waals surface area (Å²) in [5.74, 6) is 0.569. The fourth-order valence-corrected chi connectivity index (χ4v) is 4.60. The molecular formula is C24H28ClN3O4. The summed E-state index contributed by atoms with van der Waals surface area (Å²) >= 11 is 6.49. The first-order valence-corrected chi connectivity index (χ1v) is 11.3. The quantitative estimate of drug-likeness (QED) is 0.539. The minimum Gasteiger partial charge on any atom is -0.463 e. The summed E-state index contributed by atoms with van der Waals surface area (Å²) in [7, 11) is 0. The molecule has 7 nitrogen and oxygen atoms in total. The first-order chi connectivity index (χ1) is 15.3. The summed E-state index contributed by atoms with van der Waals surface area (Å²) < 4.78 is 14.6. The monoisotopic (exact) mass is 457 g/mol. The van der Waals surface area contributed by atoms with E-state index in [1.807, 2.05) is 24.3 Å². The van der Waals surface area contributed by atoms with E-state index in [-0.39, 0.29) is 48.9 Å². The third kappa shape index (κ3) is 4.32. The smallest absolute Gasteiger partial charge is 0.350 e. The van der Waals surface area contributed by atoms with Crippen molar-refractivity contribution in [2.24, 2.45) is 17.8 Å². The number of pyridine rings is 1. The highest BCUT2D eigenvalue weighted by atomic mass is 35.5. The van der Waals surface area contributed by atoms with E-state index < -0.39 is 0 Å². The zero-order chi connectivity index (χ0) is 23.0. The molecule has 0 bridgehead atoms. The second kappa shape index (κ2) is 9.08. The van der Waals surface area contributed by atoms with Crippen LogP contribution < -0.4 is 5.69 Å². The van der Waals surface area contributed by atoms with Crippen molar-refractivity contribution in [3.05, 3.63) is 69.2 Å². The molecule has 4 rings (SSSR count). The first-order valence-electron chi connectivity index (χ1n) is 10.9. The summed E-state index contributed by atoms with van der Waals surface area (Å²) in [6, 6.07) is 11.2. The van der Waals surface area contributed by atoms with Gasteiger partial charge in [-0.2, -0.15) is 0 Å². The van der Waals surface area contributed by atoms with Gasteiger partial charge in [0.1, 0.15) is 6.61 Å². The second-order valence-electron chi connectivity index (χ2n) is 8.69. The highest BCUT2D eigenvalue weighted by Gasteiger charge is 2.40. The highest BCUT2D eigenvalue weighted by Crippen LogP contribution is 2.43. The molecule has 1 saturated heterocycles. The van der Waals surface area contributed by atoms with Crippen LogP contribution in [0.2, 0.25) is 5.02 Å². The Labute approximate surface area is 191 Å². The molecule has 0 radical (unpaired) electrons. The minimum atomic E-state index is -0.310. The molecular weight excluding hydrogens is 430 g/mol. The summed E-state index contributed by atoms with van der Waals surface area (Å²) in [4.78, 5) is 24.0. The highest BCUT2D eigenvalue weighted by molar-refractivity contribution is 6.31. The molecule has 0 N–H and O–H groups in total. The number of esters is 1. The standard InChI is InChI=1S/C24H28ClN3O4/c1-14-15(2)21(13-31-17(4)29)32-23(16(14)3)18-8-9-20(25)19(11-18)12-28-24(30)27-10-6-5-7-22(27)26-28/h5-11,14-16,21,23H,12-13H2,1-4H3/t14-,15-,16?,21?,23+/m0/s1. The fraction of sp³-hybridized carbons (Fsp3) is 0.458. The van der Waals surface area contributed by atoms with E-state index in [1.165, 1.54) is 16.0 Å². The number of hydrogen-bond donors (Lipinski definition) is 0. The van der Waals surface area contributed by atoms with E-state index in [1.54, 1.807) is 18.3 Å². The van der Waals surface area contributed by atoms with Gasteiger partial charge in [-0.1, -0.05) is 44.5 Å². The molecule has 3 heterocycles. The number of hydrogen-bond acceptors (Lipinski definition) is 5. The number of carbonyl (C=O) groups excluding carboxylic acids is 1. The number of aromatic nitrogens is 3. The van der Waals surface area contributed by atoms with Crippen LogP contribution in [0.4, 0.5) is 0 Å². The number of rotatable bonds is 5. The van der Waals surface area contributed by atoms with Crippen LogP contribution in [-0.2, 0) is 20.8 Å². The van der Waals surface area contributed by atoms with Gasteiger partial charge in [0.2, 0.25) is 0 Å². The van der Waals surface area contributed by atoms with E-state index in [2.05, 4.69) is 25.9 Å². The summed E-state index contributed by atoms with van der Waals surface area (Å²) in [6.45, 7) is 8.42. The van der Waals surface area contributed by atoms with Gasteiger partial charge < -0.3 is 9.47 Å².